The number of non-ortho nitro benzene ring substituents is 1. The number of aryl methyl sites for hydroxylation is 3. The van der Waals surface area contributed by atoms with E-state index < -0.39 is 0 Å². The summed E-state index contributed by atoms with van der Waals surface area (Å²) in [6.45, 7) is 8.49. The summed E-state index contributed by atoms with van der Waals surface area (Å²) >= 11 is 0. The summed E-state index contributed by atoms with van der Waals surface area (Å²) in [5.41, 5.74) is 6.36. The van der Waals surface area contributed by atoms with Crippen LogP contribution in [0.4, 0.5) is 5.69 Å². The Morgan fingerprint density at radius 1 is 1.00 bits per heavy atom. The van der Waals surface area contributed by atoms with E-state index in [1.54, 1.807) is 12.1 Å². The van der Waals surface area contributed by atoms with Crippen LogP contribution in [-0.2, 0) is 0 Å². The molecule has 0 spiro atoms. The van der Waals surface area contributed by atoms with E-state index in [-0.39, 0.29) is 16.5 Å². The van der Waals surface area contributed by atoms with Crippen LogP contribution in [0.2, 0.25) is 0 Å². The second-order valence-electron chi connectivity index (χ2n) is 5.38. The smallest absolute Gasteiger partial charge is 0.258 e. The molecule has 0 heterocycles. The molecule has 0 aliphatic heterocycles. The van der Waals surface area contributed by atoms with E-state index >= 15 is 0 Å². The van der Waals surface area contributed by atoms with Crippen LogP contribution in [0.3, 0.4) is 0 Å². The van der Waals surface area contributed by atoms with Crippen molar-refractivity contribution < 1.29 is 4.92 Å². The highest BCUT2D eigenvalue weighted by Crippen LogP contribution is 2.31. The highest BCUT2D eigenvalue weighted by atomic mass is 16.6. The average molecular weight is 269 g/mol. The number of nitro benzene ring substituents is 1. The van der Waals surface area contributed by atoms with E-state index in [2.05, 4.69) is 39.8 Å². The Kier molecular flexibility index (Phi) is 3.89. The van der Waals surface area contributed by atoms with Crippen molar-refractivity contribution in [3.63, 3.8) is 0 Å². The zero-order chi connectivity index (χ0) is 14.9. The van der Waals surface area contributed by atoms with Crippen molar-refractivity contribution in [2.24, 2.45) is 0 Å². The van der Waals surface area contributed by atoms with Gasteiger partial charge in [-0.2, -0.15) is 0 Å². The molecule has 0 bridgehead atoms. The lowest BCUT2D eigenvalue weighted by Crippen LogP contribution is -2.02. The highest BCUT2D eigenvalue weighted by molar-refractivity contribution is 5.45. The lowest BCUT2D eigenvalue weighted by molar-refractivity contribution is -0.384. The minimum atomic E-state index is -0.364. The van der Waals surface area contributed by atoms with Gasteiger partial charge in [-0.05, 0) is 43.0 Å². The van der Waals surface area contributed by atoms with Crippen molar-refractivity contribution in [2.45, 2.75) is 33.6 Å². The first kappa shape index (κ1) is 14.3. The first-order chi connectivity index (χ1) is 9.40. The quantitative estimate of drug-likeness (QED) is 0.600. The van der Waals surface area contributed by atoms with Gasteiger partial charge in [-0.3, -0.25) is 10.1 Å². The number of hydrogen-bond donors (Lipinski definition) is 0. The fourth-order valence-electron chi connectivity index (χ4n) is 2.93. The van der Waals surface area contributed by atoms with Gasteiger partial charge in [-0.25, -0.2) is 0 Å². The molecular formula is C17H19NO2. The van der Waals surface area contributed by atoms with Crippen molar-refractivity contribution in [2.75, 3.05) is 0 Å². The van der Waals surface area contributed by atoms with Gasteiger partial charge in [0.15, 0.2) is 0 Å². The normalized spacial score (nSPS) is 12.2. The maximum Gasteiger partial charge on any atom is 0.269 e. The summed E-state index contributed by atoms with van der Waals surface area (Å²) in [7, 11) is 0. The van der Waals surface area contributed by atoms with Gasteiger partial charge in [0.25, 0.3) is 5.69 Å². The number of rotatable bonds is 3. The monoisotopic (exact) mass is 269 g/mol. The number of benzene rings is 2. The fraction of sp³-hybridized carbons (Fsp3) is 0.294. The molecule has 0 aromatic heterocycles. The van der Waals surface area contributed by atoms with Gasteiger partial charge in [0, 0.05) is 18.1 Å². The minimum Gasteiger partial charge on any atom is -0.258 e. The Labute approximate surface area is 119 Å². The molecule has 0 saturated carbocycles. The maximum absolute atomic E-state index is 10.7. The summed E-state index contributed by atoms with van der Waals surface area (Å²) in [6.07, 6.45) is 0. The third-order valence-corrected chi connectivity index (χ3v) is 3.77. The first-order valence-corrected chi connectivity index (χ1v) is 6.72. The van der Waals surface area contributed by atoms with Crippen LogP contribution in [0.15, 0.2) is 36.4 Å². The van der Waals surface area contributed by atoms with Crippen LogP contribution in [0, 0.1) is 30.9 Å². The number of nitro groups is 1. The molecule has 2 aromatic rings. The van der Waals surface area contributed by atoms with Crippen LogP contribution in [-0.4, -0.2) is 4.92 Å². The third kappa shape index (κ3) is 2.72. The molecule has 2 aromatic carbocycles. The number of nitrogens with zero attached hydrogens (tertiary/aromatic N) is 1. The van der Waals surface area contributed by atoms with E-state index in [1.165, 1.54) is 22.3 Å². The van der Waals surface area contributed by atoms with Crippen LogP contribution in [0.5, 0.6) is 0 Å². The van der Waals surface area contributed by atoms with Crippen LogP contribution in [0.1, 0.15) is 40.7 Å². The molecule has 3 heteroatoms. The molecule has 2 rings (SSSR count). The second kappa shape index (κ2) is 5.45. The van der Waals surface area contributed by atoms with Crippen molar-refractivity contribution in [3.8, 4) is 0 Å². The summed E-state index contributed by atoms with van der Waals surface area (Å²) in [4.78, 5) is 10.3. The topological polar surface area (TPSA) is 43.1 Å². The SMILES string of the molecule is Cc1cc(C)c(C(C)c2ccc([N+](=O)[O-])cc2)c(C)c1. The molecule has 0 aliphatic carbocycles. The zero-order valence-electron chi connectivity index (χ0n) is 12.3. The molecular weight excluding hydrogens is 250 g/mol. The van der Waals surface area contributed by atoms with Crippen LogP contribution < -0.4 is 0 Å². The molecule has 0 radical (unpaired) electrons. The molecule has 1 unspecified atom stereocenters. The van der Waals surface area contributed by atoms with Gasteiger partial charge in [-0.1, -0.05) is 36.8 Å². The lowest BCUT2D eigenvalue weighted by atomic mass is 9.86. The van der Waals surface area contributed by atoms with E-state index in [4.69, 9.17) is 0 Å². The molecule has 0 saturated heterocycles. The molecule has 104 valence electrons. The largest absolute Gasteiger partial charge is 0.269 e. The molecule has 0 amide bonds. The van der Waals surface area contributed by atoms with E-state index in [0.29, 0.717) is 0 Å². The van der Waals surface area contributed by atoms with Crippen molar-refractivity contribution in [1.29, 1.82) is 0 Å². The molecule has 1 atom stereocenters. The van der Waals surface area contributed by atoms with Crippen LogP contribution in [0.25, 0.3) is 0 Å². The summed E-state index contributed by atoms with van der Waals surface area (Å²) in [6, 6.07) is 11.2. The zero-order valence-corrected chi connectivity index (χ0v) is 12.3. The Morgan fingerprint density at radius 2 is 1.50 bits per heavy atom. The Bertz CT molecular complexity index is 622. The average Bonchev–Trinajstić information content (AvgIpc) is 2.37. The minimum absolute atomic E-state index is 0.137. The van der Waals surface area contributed by atoms with Gasteiger partial charge < -0.3 is 0 Å². The Hall–Kier alpha value is -2.16. The summed E-state index contributed by atoms with van der Waals surface area (Å²) < 4.78 is 0. The fourth-order valence-corrected chi connectivity index (χ4v) is 2.93. The summed E-state index contributed by atoms with van der Waals surface area (Å²) in [5.74, 6) is 0.233. The standard InChI is InChI=1S/C17H19NO2/c1-11-9-12(2)17(13(3)10-11)14(4)15-5-7-16(8-6-15)18(19)20/h5-10,14H,1-4H3. The molecule has 20 heavy (non-hydrogen) atoms. The van der Waals surface area contributed by atoms with E-state index in [0.717, 1.165) is 5.56 Å². The predicted molar refractivity (Wildman–Crippen MR) is 81.3 cm³/mol. The first-order valence-electron chi connectivity index (χ1n) is 6.72. The number of hydrogen-bond acceptors (Lipinski definition) is 2. The molecule has 0 N–H and O–H groups in total. The predicted octanol–water partition coefficient (Wildman–Crippen LogP) is 4.67. The molecule has 0 aliphatic rings. The van der Waals surface area contributed by atoms with Gasteiger partial charge >= 0.3 is 0 Å². The second-order valence-corrected chi connectivity index (χ2v) is 5.38. The third-order valence-electron chi connectivity index (χ3n) is 3.77. The van der Waals surface area contributed by atoms with Crippen molar-refractivity contribution in [1.82, 2.24) is 0 Å². The Balaban J connectivity index is 2.41. The molecule has 0 fully saturated rings. The van der Waals surface area contributed by atoms with Gasteiger partial charge in [-0.15, -0.1) is 0 Å². The summed E-state index contributed by atoms with van der Waals surface area (Å²) in [5, 5.41) is 10.7. The Morgan fingerprint density at radius 3 is 1.95 bits per heavy atom. The highest BCUT2D eigenvalue weighted by Gasteiger charge is 2.15. The van der Waals surface area contributed by atoms with Gasteiger partial charge in [0.1, 0.15) is 0 Å². The molecule has 3 nitrogen and oxygen atoms in total. The van der Waals surface area contributed by atoms with Gasteiger partial charge in [0.05, 0.1) is 4.92 Å². The lowest BCUT2D eigenvalue weighted by Gasteiger charge is -2.19. The van der Waals surface area contributed by atoms with Crippen molar-refractivity contribution in [3.05, 3.63) is 74.3 Å². The van der Waals surface area contributed by atoms with Crippen LogP contribution >= 0.6 is 0 Å². The van der Waals surface area contributed by atoms with Crippen molar-refractivity contribution >= 4 is 5.69 Å². The van der Waals surface area contributed by atoms with Gasteiger partial charge in [0.2, 0.25) is 0 Å². The van der Waals surface area contributed by atoms with E-state index in [1.807, 2.05) is 12.1 Å². The maximum atomic E-state index is 10.7. The van der Waals surface area contributed by atoms with E-state index in [9.17, 15) is 10.1 Å².